The van der Waals surface area contributed by atoms with Crippen LogP contribution in [0, 0.1) is 5.92 Å². The number of nitrogens with two attached hydrogens (primary N) is 2. The third-order valence-corrected chi connectivity index (χ3v) is 4.05. The fourth-order valence-corrected chi connectivity index (χ4v) is 3.04. The molecule has 1 aromatic rings. The number of anilines is 2. The van der Waals surface area contributed by atoms with Crippen LogP contribution < -0.4 is 21.9 Å². The summed E-state index contributed by atoms with van der Waals surface area (Å²) >= 11 is 0. The Balaban J connectivity index is 2.32. The Bertz CT molecular complexity index is 472. The van der Waals surface area contributed by atoms with Gasteiger partial charge in [-0.3, -0.25) is 4.79 Å². The lowest BCUT2D eigenvalue weighted by molar-refractivity contribution is 0.299. The van der Waals surface area contributed by atoms with Crippen molar-refractivity contribution in [3.63, 3.8) is 0 Å². The first-order chi connectivity index (χ1) is 9.19. The van der Waals surface area contributed by atoms with Gasteiger partial charge in [0.1, 0.15) is 5.69 Å². The molecule has 5 N–H and O–H groups in total. The molecule has 0 saturated heterocycles. The van der Waals surface area contributed by atoms with Crippen LogP contribution in [0.2, 0.25) is 0 Å². The molecule has 2 atom stereocenters. The zero-order chi connectivity index (χ0) is 13.8. The van der Waals surface area contributed by atoms with E-state index in [0.29, 0.717) is 24.3 Å². The molecule has 0 bridgehead atoms. The average molecular weight is 265 g/mol. The Morgan fingerprint density at radius 1 is 1.47 bits per heavy atom. The Kier molecular flexibility index (Phi) is 4.42. The molecule has 0 spiro atoms. The average Bonchev–Trinajstić information content (AvgIpc) is 2.45. The van der Waals surface area contributed by atoms with Gasteiger partial charge < -0.3 is 21.4 Å². The van der Waals surface area contributed by atoms with Gasteiger partial charge in [-0.2, -0.15) is 0 Å². The van der Waals surface area contributed by atoms with Crippen LogP contribution in [-0.4, -0.2) is 29.1 Å². The number of rotatable bonds is 4. The maximum atomic E-state index is 11.6. The summed E-state index contributed by atoms with van der Waals surface area (Å²) in [7, 11) is 0. The quantitative estimate of drug-likeness (QED) is 0.743. The summed E-state index contributed by atoms with van der Waals surface area (Å²) < 4.78 is 0. The van der Waals surface area contributed by atoms with E-state index in [0.717, 1.165) is 19.4 Å². The summed E-state index contributed by atoms with van der Waals surface area (Å²) in [6.07, 6.45) is 6.07. The highest BCUT2D eigenvalue weighted by atomic mass is 16.1. The van der Waals surface area contributed by atoms with Crippen molar-refractivity contribution in [3.05, 3.63) is 16.7 Å². The van der Waals surface area contributed by atoms with E-state index >= 15 is 0 Å². The van der Waals surface area contributed by atoms with Gasteiger partial charge in [0, 0.05) is 12.6 Å². The molecule has 106 valence electrons. The number of H-pyrrole nitrogens is 1. The third kappa shape index (κ3) is 2.73. The fourth-order valence-electron chi connectivity index (χ4n) is 3.04. The number of nitrogen functional groups attached to an aromatic ring is 1. The Labute approximate surface area is 113 Å². The predicted octanol–water partition coefficient (Wildman–Crippen LogP) is 0.696. The minimum absolute atomic E-state index is 0.200. The molecule has 0 aliphatic heterocycles. The highest BCUT2D eigenvalue weighted by molar-refractivity contribution is 5.61. The minimum atomic E-state index is -0.274. The summed E-state index contributed by atoms with van der Waals surface area (Å²) in [5.41, 5.74) is 11.7. The summed E-state index contributed by atoms with van der Waals surface area (Å²) in [4.78, 5) is 20.5. The first-order valence-electron chi connectivity index (χ1n) is 6.98. The van der Waals surface area contributed by atoms with Gasteiger partial charge in [0.05, 0.1) is 6.33 Å². The van der Waals surface area contributed by atoms with Gasteiger partial charge in [-0.1, -0.05) is 12.8 Å². The first kappa shape index (κ1) is 13.9. The van der Waals surface area contributed by atoms with Crippen LogP contribution in [0.1, 0.15) is 32.6 Å². The molecule has 19 heavy (non-hydrogen) atoms. The summed E-state index contributed by atoms with van der Waals surface area (Å²) in [5, 5.41) is 0. The lowest BCUT2D eigenvalue weighted by Gasteiger charge is -2.40. The molecule has 0 aromatic carbocycles. The standard InChI is InChI=1S/C13H23N5O/c1-2-18(10-6-4-3-5-9(10)7-14)12-11(15)13(19)17-8-16-12/h8-10H,2-7,14-15H2,1H3,(H,16,17,19). The number of aromatic nitrogens is 2. The van der Waals surface area contributed by atoms with Crippen molar-refractivity contribution in [2.45, 2.75) is 38.6 Å². The lowest BCUT2D eigenvalue weighted by atomic mass is 9.83. The van der Waals surface area contributed by atoms with Crippen LogP contribution in [0.25, 0.3) is 0 Å². The maximum Gasteiger partial charge on any atom is 0.276 e. The van der Waals surface area contributed by atoms with Crippen molar-refractivity contribution in [1.82, 2.24) is 9.97 Å². The fraction of sp³-hybridized carbons (Fsp3) is 0.692. The van der Waals surface area contributed by atoms with Crippen molar-refractivity contribution >= 4 is 11.5 Å². The summed E-state index contributed by atoms with van der Waals surface area (Å²) in [6.45, 7) is 3.51. The molecule has 2 rings (SSSR count). The van der Waals surface area contributed by atoms with Crippen LogP contribution in [0.3, 0.4) is 0 Å². The van der Waals surface area contributed by atoms with Crippen molar-refractivity contribution in [1.29, 1.82) is 0 Å². The largest absolute Gasteiger partial charge is 0.391 e. The molecule has 1 aliphatic rings. The summed E-state index contributed by atoms with van der Waals surface area (Å²) in [6, 6.07) is 0.334. The monoisotopic (exact) mass is 265 g/mol. The molecular formula is C13H23N5O. The topological polar surface area (TPSA) is 101 Å². The number of hydrogen-bond donors (Lipinski definition) is 3. The second kappa shape index (κ2) is 6.06. The van der Waals surface area contributed by atoms with Crippen LogP contribution >= 0.6 is 0 Å². The number of aromatic amines is 1. The number of nitrogens with zero attached hydrogens (tertiary/aromatic N) is 2. The van der Waals surface area contributed by atoms with Gasteiger partial charge in [0.15, 0.2) is 5.82 Å². The van der Waals surface area contributed by atoms with Crippen LogP contribution in [-0.2, 0) is 0 Å². The molecule has 1 aliphatic carbocycles. The van der Waals surface area contributed by atoms with E-state index in [2.05, 4.69) is 21.8 Å². The van der Waals surface area contributed by atoms with Gasteiger partial charge in [-0.05, 0) is 32.2 Å². The van der Waals surface area contributed by atoms with E-state index in [4.69, 9.17) is 11.5 Å². The minimum Gasteiger partial charge on any atom is -0.391 e. The van der Waals surface area contributed by atoms with E-state index in [9.17, 15) is 4.79 Å². The van der Waals surface area contributed by atoms with E-state index < -0.39 is 0 Å². The molecule has 1 aromatic heterocycles. The Morgan fingerprint density at radius 2 is 2.21 bits per heavy atom. The summed E-state index contributed by atoms with van der Waals surface area (Å²) in [5.74, 6) is 1.05. The molecule has 1 heterocycles. The molecule has 0 amide bonds. The van der Waals surface area contributed by atoms with Crippen LogP contribution in [0.4, 0.5) is 11.5 Å². The predicted molar refractivity (Wildman–Crippen MR) is 77.1 cm³/mol. The molecule has 1 saturated carbocycles. The molecule has 6 nitrogen and oxygen atoms in total. The van der Waals surface area contributed by atoms with Gasteiger partial charge in [0.25, 0.3) is 5.56 Å². The first-order valence-corrected chi connectivity index (χ1v) is 6.98. The van der Waals surface area contributed by atoms with Gasteiger partial charge in [-0.15, -0.1) is 0 Å². The highest BCUT2D eigenvalue weighted by Crippen LogP contribution is 2.31. The van der Waals surface area contributed by atoms with Crippen molar-refractivity contribution in [3.8, 4) is 0 Å². The second-order valence-corrected chi connectivity index (χ2v) is 5.10. The van der Waals surface area contributed by atoms with E-state index in [1.807, 2.05) is 0 Å². The zero-order valence-corrected chi connectivity index (χ0v) is 11.4. The molecular weight excluding hydrogens is 242 g/mol. The van der Waals surface area contributed by atoms with E-state index in [1.165, 1.54) is 19.2 Å². The van der Waals surface area contributed by atoms with Crippen LogP contribution in [0.15, 0.2) is 11.1 Å². The molecule has 6 heteroatoms. The van der Waals surface area contributed by atoms with Crippen molar-refractivity contribution < 1.29 is 0 Å². The smallest absolute Gasteiger partial charge is 0.276 e. The molecule has 0 radical (unpaired) electrons. The van der Waals surface area contributed by atoms with Crippen molar-refractivity contribution in [2.75, 3.05) is 23.7 Å². The van der Waals surface area contributed by atoms with Crippen LogP contribution in [0.5, 0.6) is 0 Å². The van der Waals surface area contributed by atoms with Gasteiger partial charge in [-0.25, -0.2) is 4.98 Å². The van der Waals surface area contributed by atoms with Crippen molar-refractivity contribution in [2.24, 2.45) is 11.7 Å². The number of hydrogen-bond acceptors (Lipinski definition) is 5. The van der Waals surface area contributed by atoms with Gasteiger partial charge in [0.2, 0.25) is 0 Å². The van der Waals surface area contributed by atoms with E-state index in [-0.39, 0.29) is 11.2 Å². The Hall–Kier alpha value is -1.56. The number of nitrogens with one attached hydrogen (secondary N) is 1. The van der Waals surface area contributed by atoms with E-state index in [1.54, 1.807) is 0 Å². The molecule has 1 fully saturated rings. The normalized spacial score (nSPS) is 23.3. The maximum absolute atomic E-state index is 11.6. The zero-order valence-electron chi connectivity index (χ0n) is 11.4. The second-order valence-electron chi connectivity index (χ2n) is 5.10. The Morgan fingerprint density at radius 3 is 2.89 bits per heavy atom. The highest BCUT2D eigenvalue weighted by Gasteiger charge is 2.30. The van der Waals surface area contributed by atoms with Gasteiger partial charge >= 0.3 is 0 Å². The molecule has 2 unspecified atom stereocenters. The SMILES string of the molecule is CCN(c1nc[nH]c(=O)c1N)C1CCCCC1CN. The third-order valence-electron chi connectivity index (χ3n) is 4.05. The lowest BCUT2D eigenvalue weighted by Crippen LogP contribution is -2.46.